The quantitative estimate of drug-likeness (QED) is 0.463. The van der Waals surface area contributed by atoms with Gasteiger partial charge in [0.25, 0.3) is 0 Å². The fraction of sp³-hybridized carbons (Fsp3) is 0.667. The Kier molecular flexibility index (Phi) is 9.14. The summed E-state index contributed by atoms with van der Waals surface area (Å²) in [7, 11) is 2.21. The summed E-state index contributed by atoms with van der Waals surface area (Å²) in [6, 6.07) is 8.22. The molecule has 2 heteroatoms. The molecule has 0 amide bonds. The summed E-state index contributed by atoms with van der Waals surface area (Å²) >= 11 is 0. The molecule has 0 saturated heterocycles. The van der Waals surface area contributed by atoms with Gasteiger partial charge in [0.05, 0.1) is 0 Å². The Labute approximate surface area is 125 Å². The fourth-order valence-corrected chi connectivity index (χ4v) is 2.53. The standard InChI is InChI=1S/C18H32N2/c1-3-4-5-6-7-8-9-10-15-20(2)16-17-11-13-18(19)14-12-17/h11-14H,3-10,15-16,19H2,1-2H3. The first-order chi connectivity index (χ1) is 9.72. The summed E-state index contributed by atoms with van der Waals surface area (Å²) in [6.07, 6.45) is 11.1. The van der Waals surface area contributed by atoms with E-state index in [1.54, 1.807) is 0 Å². The number of benzene rings is 1. The molecule has 0 bridgehead atoms. The Bertz CT molecular complexity index is 332. The van der Waals surface area contributed by atoms with E-state index in [2.05, 4.69) is 31.0 Å². The summed E-state index contributed by atoms with van der Waals surface area (Å²) in [4.78, 5) is 2.41. The topological polar surface area (TPSA) is 29.3 Å². The number of nitrogens with zero attached hydrogens (tertiary/aromatic N) is 1. The van der Waals surface area contributed by atoms with Gasteiger partial charge in [0.1, 0.15) is 0 Å². The number of hydrogen-bond acceptors (Lipinski definition) is 2. The van der Waals surface area contributed by atoms with Crippen molar-refractivity contribution < 1.29 is 0 Å². The zero-order chi connectivity index (χ0) is 14.6. The lowest BCUT2D eigenvalue weighted by atomic mass is 10.1. The monoisotopic (exact) mass is 276 g/mol. The number of nitrogens with two attached hydrogens (primary N) is 1. The second kappa shape index (κ2) is 10.7. The van der Waals surface area contributed by atoms with Gasteiger partial charge in [-0.05, 0) is 37.7 Å². The van der Waals surface area contributed by atoms with Crippen LogP contribution in [0.15, 0.2) is 24.3 Å². The van der Waals surface area contributed by atoms with Crippen LogP contribution >= 0.6 is 0 Å². The van der Waals surface area contributed by atoms with E-state index >= 15 is 0 Å². The van der Waals surface area contributed by atoms with Gasteiger partial charge in [-0.2, -0.15) is 0 Å². The molecule has 1 aromatic carbocycles. The fourth-order valence-electron chi connectivity index (χ4n) is 2.53. The van der Waals surface area contributed by atoms with E-state index in [0.29, 0.717) is 0 Å². The average molecular weight is 276 g/mol. The molecule has 0 saturated carbocycles. The highest BCUT2D eigenvalue weighted by Gasteiger charge is 2.00. The lowest BCUT2D eigenvalue weighted by Gasteiger charge is -2.16. The number of hydrogen-bond donors (Lipinski definition) is 1. The summed E-state index contributed by atoms with van der Waals surface area (Å²) in [5.41, 5.74) is 7.90. The third-order valence-corrected chi connectivity index (χ3v) is 3.83. The van der Waals surface area contributed by atoms with Gasteiger partial charge in [-0.1, -0.05) is 64.0 Å². The van der Waals surface area contributed by atoms with E-state index < -0.39 is 0 Å². The molecule has 0 unspecified atom stereocenters. The minimum absolute atomic E-state index is 0.847. The zero-order valence-electron chi connectivity index (χ0n) is 13.4. The highest BCUT2D eigenvalue weighted by atomic mass is 15.1. The van der Waals surface area contributed by atoms with E-state index in [9.17, 15) is 0 Å². The number of nitrogen functional groups attached to an aromatic ring is 1. The minimum atomic E-state index is 0.847. The van der Waals surface area contributed by atoms with Crippen molar-refractivity contribution >= 4 is 5.69 Å². The largest absolute Gasteiger partial charge is 0.399 e. The van der Waals surface area contributed by atoms with Crippen molar-refractivity contribution in [1.82, 2.24) is 4.90 Å². The highest BCUT2D eigenvalue weighted by Crippen LogP contribution is 2.10. The van der Waals surface area contributed by atoms with Crippen molar-refractivity contribution in [3.05, 3.63) is 29.8 Å². The SMILES string of the molecule is CCCCCCCCCCN(C)Cc1ccc(N)cc1. The molecule has 0 aliphatic rings. The second-order valence-electron chi connectivity index (χ2n) is 5.95. The molecule has 0 aliphatic heterocycles. The molecule has 0 fully saturated rings. The first-order valence-electron chi connectivity index (χ1n) is 8.25. The number of anilines is 1. The third kappa shape index (κ3) is 8.21. The van der Waals surface area contributed by atoms with Crippen molar-refractivity contribution in [2.24, 2.45) is 0 Å². The van der Waals surface area contributed by atoms with E-state index in [1.807, 2.05) is 12.1 Å². The van der Waals surface area contributed by atoms with Gasteiger partial charge in [-0.25, -0.2) is 0 Å². The van der Waals surface area contributed by atoms with Crippen LogP contribution in [0.5, 0.6) is 0 Å². The first-order valence-corrected chi connectivity index (χ1v) is 8.25. The van der Waals surface area contributed by atoms with E-state index in [4.69, 9.17) is 5.73 Å². The molecule has 0 aliphatic carbocycles. The molecule has 0 atom stereocenters. The molecule has 20 heavy (non-hydrogen) atoms. The molecular weight excluding hydrogens is 244 g/mol. The summed E-state index contributed by atoms with van der Waals surface area (Å²) in [5.74, 6) is 0. The van der Waals surface area contributed by atoms with Crippen LogP contribution in [0.3, 0.4) is 0 Å². The smallest absolute Gasteiger partial charge is 0.0314 e. The van der Waals surface area contributed by atoms with Crippen molar-refractivity contribution in [3.8, 4) is 0 Å². The Balaban J connectivity index is 2.00. The van der Waals surface area contributed by atoms with Crippen LogP contribution in [0, 0.1) is 0 Å². The van der Waals surface area contributed by atoms with Crippen molar-refractivity contribution in [2.75, 3.05) is 19.3 Å². The molecule has 2 N–H and O–H groups in total. The van der Waals surface area contributed by atoms with Gasteiger partial charge in [-0.3, -0.25) is 0 Å². The minimum Gasteiger partial charge on any atom is -0.399 e. The van der Waals surface area contributed by atoms with Crippen LogP contribution in [-0.2, 0) is 6.54 Å². The van der Waals surface area contributed by atoms with Crippen LogP contribution in [-0.4, -0.2) is 18.5 Å². The van der Waals surface area contributed by atoms with Crippen LogP contribution in [0.1, 0.15) is 63.9 Å². The molecule has 0 aromatic heterocycles. The predicted octanol–water partition coefficient (Wildman–Crippen LogP) is 4.84. The maximum absolute atomic E-state index is 5.70. The molecule has 0 radical (unpaired) electrons. The lowest BCUT2D eigenvalue weighted by Crippen LogP contribution is -2.19. The number of unbranched alkanes of at least 4 members (excludes halogenated alkanes) is 7. The Hall–Kier alpha value is -1.02. The molecule has 0 heterocycles. The van der Waals surface area contributed by atoms with Crippen LogP contribution in [0.4, 0.5) is 5.69 Å². The van der Waals surface area contributed by atoms with Gasteiger partial charge in [0.2, 0.25) is 0 Å². The normalized spacial score (nSPS) is 11.2. The van der Waals surface area contributed by atoms with E-state index in [1.165, 1.54) is 63.5 Å². The summed E-state index contributed by atoms with van der Waals surface area (Å²) in [6.45, 7) is 4.49. The maximum atomic E-state index is 5.70. The molecule has 1 aromatic rings. The maximum Gasteiger partial charge on any atom is 0.0314 e. The van der Waals surface area contributed by atoms with E-state index in [0.717, 1.165) is 12.2 Å². The first kappa shape index (κ1) is 17.0. The summed E-state index contributed by atoms with van der Waals surface area (Å²) < 4.78 is 0. The Morgan fingerprint density at radius 1 is 0.850 bits per heavy atom. The van der Waals surface area contributed by atoms with E-state index in [-0.39, 0.29) is 0 Å². The zero-order valence-corrected chi connectivity index (χ0v) is 13.4. The third-order valence-electron chi connectivity index (χ3n) is 3.83. The van der Waals surface area contributed by atoms with Crippen molar-refractivity contribution in [2.45, 2.75) is 64.8 Å². The molecule has 1 rings (SSSR count). The Morgan fingerprint density at radius 2 is 1.40 bits per heavy atom. The lowest BCUT2D eigenvalue weighted by molar-refractivity contribution is 0.316. The highest BCUT2D eigenvalue weighted by molar-refractivity contribution is 5.39. The van der Waals surface area contributed by atoms with Gasteiger partial charge < -0.3 is 10.6 Å². The van der Waals surface area contributed by atoms with Crippen molar-refractivity contribution in [3.63, 3.8) is 0 Å². The molecule has 114 valence electrons. The molecule has 2 nitrogen and oxygen atoms in total. The Morgan fingerprint density at radius 3 is 2.00 bits per heavy atom. The summed E-state index contributed by atoms with van der Waals surface area (Å²) in [5, 5.41) is 0. The second-order valence-corrected chi connectivity index (χ2v) is 5.95. The molecular formula is C18H32N2. The average Bonchev–Trinajstić information content (AvgIpc) is 2.44. The van der Waals surface area contributed by atoms with Crippen LogP contribution in [0.2, 0.25) is 0 Å². The number of rotatable bonds is 11. The molecule has 0 spiro atoms. The van der Waals surface area contributed by atoms with Gasteiger partial charge >= 0.3 is 0 Å². The van der Waals surface area contributed by atoms with Gasteiger partial charge in [0, 0.05) is 12.2 Å². The van der Waals surface area contributed by atoms with Gasteiger partial charge in [-0.15, -0.1) is 0 Å². The predicted molar refractivity (Wildman–Crippen MR) is 89.8 cm³/mol. The van der Waals surface area contributed by atoms with Crippen molar-refractivity contribution in [1.29, 1.82) is 0 Å². The van der Waals surface area contributed by atoms with Crippen LogP contribution in [0.25, 0.3) is 0 Å². The van der Waals surface area contributed by atoms with Gasteiger partial charge in [0.15, 0.2) is 0 Å². The van der Waals surface area contributed by atoms with Crippen LogP contribution < -0.4 is 5.73 Å².